The largest absolute Gasteiger partial charge is 0.472 e. The molecule has 0 aliphatic carbocycles. The van der Waals surface area contributed by atoms with Gasteiger partial charge >= 0.3 is 13.8 Å². The number of carbonyl (C=O) groups excluding carboxylic acids is 1. The molecule has 0 saturated heterocycles. The maximum absolute atomic E-state index is 12.7. The van der Waals surface area contributed by atoms with E-state index in [0.29, 0.717) is 24.1 Å². The average molecular weight is 873 g/mol. The third-order valence-electron chi connectivity index (χ3n) is 9.63. The number of ether oxygens (including phenoxy) is 2. The van der Waals surface area contributed by atoms with Crippen LogP contribution >= 0.6 is 7.82 Å². The van der Waals surface area contributed by atoms with Crippen LogP contribution in [0.15, 0.2) is 97.2 Å². The van der Waals surface area contributed by atoms with Gasteiger partial charge in [-0.15, -0.1) is 0 Å². The Morgan fingerprint density at radius 2 is 0.951 bits per heavy atom. The number of unbranched alkanes of at least 4 members (excludes halogenated alkanes) is 13. The molecule has 61 heavy (non-hydrogen) atoms. The number of carbonyl (C=O) groups is 1. The summed E-state index contributed by atoms with van der Waals surface area (Å²) >= 11 is 0. The SMILES string of the molecule is CC/C=C\C/C=C\C/C=C\C/C=C\C/C=C\C/C=C\C/C=C\CCCCOCC(COP(=O)(O)OCC[N+](C)(C)C)OC(=O)CCCCCCC/C=C\CCCCCCCC. The van der Waals surface area contributed by atoms with Crippen molar-refractivity contribution < 1.29 is 37.3 Å². The quantitative estimate of drug-likeness (QED) is 0.0214. The predicted octanol–water partition coefficient (Wildman–Crippen LogP) is 14.6. The first-order chi connectivity index (χ1) is 29.6. The molecule has 0 radical (unpaired) electrons. The molecule has 0 saturated carbocycles. The van der Waals surface area contributed by atoms with Crippen LogP contribution < -0.4 is 0 Å². The maximum atomic E-state index is 12.7. The van der Waals surface area contributed by atoms with E-state index in [1.165, 1.54) is 51.4 Å². The van der Waals surface area contributed by atoms with Crippen LogP contribution in [0.3, 0.4) is 0 Å². The fourth-order valence-electron chi connectivity index (χ4n) is 5.94. The first-order valence-corrected chi connectivity index (χ1v) is 25.5. The molecule has 9 heteroatoms. The van der Waals surface area contributed by atoms with Crippen molar-refractivity contribution in [1.29, 1.82) is 0 Å². The smallest absolute Gasteiger partial charge is 0.457 e. The highest BCUT2D eigenvalue weighted by Crippen LogP contribution is 2.43. The second-order valence-corrected chi connectivity index (χ2v) is 18.2. The summed E-state index contributed by atoms with van der Waals surface area (Å²) in [7, 11) is 1.62. The van der Waals surface area contributed by atoms with Gasteiger partial charge in [-0.25, -0.2) is 4.57 Å². The van der Waals surface area contributed by atoms with E-state index in [1.807, 2.05) is 21.1 Å². The van der Waals surface area contributed by atoms with Crippen molar-refractivity contribution in [3.63, 3.8) is 0 Å². The molecule has 1 N–H and O–H groups in total. The van der Waals surface area contributed by atoms with Gasteiger partial charge in [-0.2, -0.15) is 0 Å². The average Bonchev–Trinajstić information content (AvgIpc) is 3.22. The highest BCUT2D eigenvalue weighted by Gasteiger charge is 2.26. The molecule has 350 valence electrons. The zero-order chi connectivity index (χ0) is 44.8. The van der Waals surface area contributed by atoms with Crippen molar-refractivity contribution in [3.8, 4) is 0 Å². The van der Waals surface area contributed by atoms with E-state index in [0.717, 1.165) is 96.3 Å². The molecule has 0 aliphatic rings. The molecular weight excluding hydrogens is 782 g/mol. The summed E-state index contributed by atoms with van der Waals surface area (Å²) in [4.78, 5) is 22.9. The van der Waals surface area contributed by atoms with Gasteiger partial charge in [0.1, 0.15) is 19.3 Å². The molecule has 0 aliphatic heterocycles. The van der Waals surface area contributed by atoms with E-state index in [-0.39, 0.29) is 25.8 Å². The molecule has 0 heterocycles. The Kier molecular flexibility index (Phi) is 42.2. The second-order valence-electron chi connectivity index (χ2n) is 16.8. The van der Waals surface area contributed by atoms with E-state index < -0.39 is 13.9 Å². The van der Waals surface area contributed by atoms with Gasteiger partial charge in [-0.1, -0.05) is 162 Å². The Labute approximate surface area is 375 Å². The van der Waals surface area contributed by atoms with Crippen molar-refractivity contribution in [2.24, 2.45) is 0 Å². The summed E-state index contributed by atoms with van der Waals surface area (Å²) < 4.78 is 35.0. The van der Waals surface area contributed by atoms with Gasteiger partial charge in [0.15, 0.2) is 0 Å². The number of likely N-dealkylation sites (N-methyl/N-ethyl adjacent to an activating group) is 1. The zero-order valence-corrected chi connectivity index (χ0v) is 40.5. The van der Waals surface area contributed by atoms with E-state index in [9.17, 15) is 14.3 Å². The Hall–Kier alpha value is -2.58. The fourth-order valence-corrected chi connectivity index (χ4v) is 6.68. The van der Waals surface area contributed by atoms with Gasteiger partial charge in [0.25, 0.3) is 0 Å². The number of hydrogen-bond acceptors (Lipinski definition) is 6. The number of nitrogens with zero attached hydrogens (tertiary/aromatic N) is 1. The number of allylic oxidation sites excluding steroid dienone is 16. The highest BCUT2D eigenvalue weighted by atomic mass is 31.2. The highest BCUT2D eigenvalue weighted by molar-refractivity contribution is 7.47. The van der Waals surface area contributed by atoms with Crippen LogP contribution in [0.4, 0.5) is 0 Å². The minimum absolute atomic E-state index is 0.0730. The molecule has 0 rings (SSSR count). The summed E-state index contributed by atoms with van der Waals surface area (Å²) in [6.07, 6.45) is 60.3. The lowest BCUT2D eigenvalue weighted by atomic mass is 10.1. The summed E-state index contributed by atoms with van der Waals surface area (Å²) in [6, 6.07) is 0. The number of quaternary nitrogens is 1. The minimum Gasteiger partial charge on any atom is -0.457 e. The molecule has 0 amide bonds. The molecule has 0 aromatic rings. The lowest BCUT2D eigenvalue weighted by molar-refractivity contribution is -0.870. The van der Waals surface area contributed by atoms with E-state index in [4.69, 9.17) is 18.5 Å². The number of hydrogen-bond donors (Lipinski definition) is 1. The molecule has 0 spiro atoms. The normalized spacial score (nSPS) is 14.5. The predicted molar refractivity (Wildman–Crippen MR) is 261 cm³/mol. The number of phosphoric ester groups is 1. The van der Waals surface area contributed by atoms with Crippen LogP contribution in [0.5, 0.6) is 0 Å². The van der Waals surface area contributed by atoms with Crippen LogP contribution in [0, 0.1) is 0 Å². The van der Waals surface area contributed by atoms with Gasteiger partial charge in [0.05, 0.1) is 34.4 Å². The summed E-state index contributed by atoms with van der Waals surface area (Å²) in [5.41, 5.74) is 0. The van der Waals surface area contributed by atoms with Crippen LogP contribution in [0.25, 0.3) is 0 Å². The van der Waals surface area contributed by atoms with Gasteiger partial charge in [0, 0.05) is 13.0 Å². The topological polar surface area (TPSA) is 91.3 Å². The van der Waals surface area contributed by atoms with Crippen molar-refractivity contribution in [1.82, 2.24) is 0 Å². The third kappa shape index (κ3) is 48.3. The molecule has 0 aromatic carbocycles. The van der Waals surface area contributed by atoms with E-state index in [2.05, 4.69) is 111 Å². The Morgan fingerprint density at radius 1 is 0.525 bits per heavy atom. The minimum atomic E-state index is -4.30. The van der Waals surface area contributed by atoms with Crippen LogP contribution in [-0.2, 0) is 27.9 Å². The summed E-state index contributed by atoms with van der Waals surface area (Å²) in [6.45, 7) is 5.35. The lowest BCUT2D eigenvalue weighted by Crippen LogP contribution is -2.37. The van der Waals surface area contributed by atoms with Gasteiger partial charge in [-0.05, 0) is 96.3 Å². The van der Waals surface area contributed by atoms with E-state index in [1.54, 1.807) is 0 Å². The van der Waals surface area contributed by atoms with Crippen molar-refractivity contribution in [2.75, 3.05) is 54.1 Å². The molecule has 0 bridgehead atoms. The summed E-state index contributed by atoms with van der Waals surface area (Å²) in [5.74, 6) is -0.342. The van der Waals surface area contributed by atoms with Crippen molar-refractivity contribution in [3.05, 3.63) is 97.2 Å². The first kappa shape index (κ1) is 58.4. The molecule has 2 unspecified atom stereocenters. The van der Waals surface area contributed by atoms with Gasteiger partial charge in [-0.3, -0.25) is 13.8 Å². The fraction of sp³-hybridized carbons (Fsp3) is 0.673. The molecule has 0 aromatic heterocycles. The third-order valence-corrected chi connectivity index (χ3v) is 10.6. The molecule has 0 fully saturated rings. The maximum Gasteiger partial charge on any atom is 0.472 e. The van der Waals surface area contributed by atoms with Crippen LogP contribution in [0.2, 0.25) is 0 Å². The van der Waals surface area contributed by atoms with Gasteiger partial charge < -0.3 is 18.9 Å². The second kappa shape index (κ2) is 44.0. The van der Waals surface area contributed by atoms with Gasteiger partial charge in [0.2, 0.25) is 0 Å². The van der Waals surface area contributed by atoms with E-state index >= 15 is 0 Å². The van der Waals surface area contributed by atoms with Crippen LogP contribution in [0.1, 0.15) is 168 Å². The Balaban J connectivity index is 4.31. The standard InChI is InChI=1S/C52H90NO7P/c1-6-8-10-12-14-16-18-20-22-23-24-25-26-27-28-29-30-32-34-36-38-40-42-44-47-57-49-51(50-59-61(55,56)58-48-46-53(3,4)5)60-52(54)45-43-41-39-37-35-33-31-21-19-17-15-13-11-9-7-2/h8,10,14,16,20-22,24-25,27-28,30-32,36,38,51H,6-7,9,11-13,15,17-19,23,26,29,33-35,37,39-50H2,1-5H3/p+1/b10-8-,16-14-,22-20-,25-24-,28-27-,31-21-,32-30-,38-36-. The first-order valence-electron chi connectivity index (χ1n) is 24.0. The summed E-state index contributed by atoms with van der Waals surface area (Å²) in [5, 5.41) is 0. The molecule has 8 nitrogen and oxygen atoms in total. The lowest BCUT2D eigenvalue weighted by Gasteiger charge is -2.24. The number of phosphoric acid groups is 1. The monoisotopic (exact) mass is 873 g/mol. The molecular formula is C52H91NO7P+. The Bertz CT molecular complexity index is 1290. The van der Waals surface area contributed by atoms with Crippen molar-refractivity contribution in [2.45, 2.75) is 174 Å². The zero-order valence-electron chi connectivity index (χ0n) is 39.6. The number of rotatable bonds is 43. The number of esters is 1. The van der Waals surface area contributed by atoms with Crippen LogP contribution in [-0.4, -0.2) is 75.6 Å². The van der Waals surface area contributed by atoms with Crippen molar-refractivity contribution >= 4 is 13.8 Å². The Morgan fingerprint density at radius 3 is 1.44 bits per heavy atom. The molecule has 2 atom stereocenters.